The fourth-order valence-electron chi connectivity index (χ4n) is 3.77. The number of hydrogen-bond acceptors (Lipinski definition) is 4. The number of nitrogens with one attached hydrogen (secondary N) is 2. The molecule has 140 valence electrons. The van der Waals surface area contributed by atoms with Crippen LogP contribution in [0.15, 0.2) is 42.6 Å². The number of amides is 2. The molecule has 27 heavy (non-hydrogen) atoms. The molecule has 2 aromatic rings. The van der Waals surface area contributed by atoms with Crippen molar-refractivity contribution in [3.63, 3.8) is 0 Å². The molecular formula is C21H24N4O2. The molecular weight excluding hydrogens is 340 g/mol. The lowest BCUT2D eigenvalue weighted by Crippen LogP contribution is -2.51. The summed E-state index contributed by atoms with van der Waals surface area (Å²) < 4.78 is 0. The number of aromatic nitrogens is 1. The molecule has 1 saturated heterocycles. The molecule has 1 aromatic heterocycles. The van der Waals surface area contributed by atoms with Crippen molar-refractivity contribution < 1.29 is 9.59 Å². The second-order valence-corrected chi connectivity index (χ2v) is 7.43. The van der Waals surface area contributed by atoms with Gasteiger partial charge in [-0.3, -0.25) is 14.6 Å². The Bertz CT molecular complexity index is 859. The van der Waals surface area contributed by atoms with E-state index < -0.39 is 0 Å². The zero-order valence-corrected chi connectivity index (χ0v) is 15.5. The van der Waals surface area contributed by atoms with E-state index in [9.17, 15) is 9.59 Å². The molecule has 2 heterocycles. The van der Waals surface area contributed by atoms with Gasteiger partial charge in [-0.15, -0.1) is 0 Å². The van der Waals surface area contributed by atoms with E-state index >= 15 is 0 Å². The summed E-state index contributed by atoms with van der Waals surface area (Å²) in [6.45, 7) is 3.70. The molecule has 0 spiro atoms. The maximum Gasteiger partial charge on any atom is 0.270 e. The van der Waals surface area contributed by atoms with Gasteiger partial charge < -0.3 is 15.5 Å². The summed E-state index contributed by atoms with van der Waals surface area (Å²) in [4.78, 5) is 30.8. The summed E-state index contributed by atoms with van der Waals surface area (Å²) in [5.41, 5.74) is 3.30. The largest absolute Gasteiger partial charge is 0.360 e. The molecule has 2 fully saturated rings. The maximum absolute atomic E-state index is 12.9. The van der Waals surface area contributed by atoms with Gasteiger partial charge in [0.2, 0.25) is 5.91 Å². The summed E-state index contributed by atoms with van der Waals surface area (Å²) in [5, 5.41) is 6.03. The van der Waals surface area contributed by atoms with Gasteiger partial charge in [0, 0.05) is 25.0 Å². The van der Waals surface area contributed by atoms with E-state index in [2.05, 4.69) is 46.8 Å². The Balaban J connectivity index is 1.53. The monoisotopic (exact) mass is 364 g/mol. The molecule has 6 nitrogen and oxygen atoms in total. The van der Waals surface area contributed by atoms with Crippen molar-refractivity contribution in [1.82, 2.24) is 15.6 Å². The number of hydrogen-bond donors (Lipinski definition) is 2. The van der Waals surface area contributed by atoms with Gasteiger partial charge in [0.1, 0.15) is 5.69 Å². The molecule has 1 aromatic carbocycles. The number of nitrogens with zero attached hydrogens (tertiary/aromatic N) is 2. The standard InChI is InChI=1S/C21H24N4O2/c1-15-3-5-16(6-4-15)21(8-2-9-21)24-20(27)18-13-17(7-10-22-18)25-12-11-23-19(26)14-25/h3-7,10,13H,2,8-9,11-12,14H2,1H3,(H,23,26)(H,24,27). The van der Waals surface area contributed by atoms with Crippen molar-refractivity contribution in [3.05, 3.63) is 59.4 Å². The Morgan fingerprint density at radius 3 is 2.67 bits per heavy atom. The van der Waals surface area contributed by atoms with Crippen molar-refractivity contribution in [2.24, 2.45) is 0 Å². The van der Waals surface area contributed by atoms with E-state index in [4.69, 9.17) is 0 Å². The zero-order valence-electron chi connectivity index (χ0n) is 15.5. The molecule has 2 N–H and O–H groups in total. The van der Waals surface area contributed by atoms with Gasteiger partial charge in [-0.25, -0.2) is 0 Å². The van der Waals surface area contributed by atoms with Crippen LogP contribution in [0.25, 0.3) is 0 Å². The Kier molecular flexibility index (Phi) is 4.56. The van der Waals surface area contributed by atoms with Crippen LogP contribution in [0.2, 0.25) is 0 Å². The topological polar surface area (TPSA) is 74.3 Å². The minimum absolute atomic E-state index is 0.00291. The van der Waals surface area contributed by atoms with Gasteiger partial charge >= 0.3 is 0 Å². The van der Waals surface area contributed by atoms with Crippen molar-refractivity contribution in [1.29, 1.82) is 0 Å². The van der Waals surface area contributed by atoms with Crippen LogP contribution < -0.4 is 15.5 Å². The summed E-state index contributed by atoms with van der Waals surface area (Å²) in [7, 11) is 0. The highest BCUT2D eigenvalue weighted by Crippen LogP contribution is 2.41. The average molecular weight is 364 g/mol. The highest BCUT2D eigenvalue weighted by molar-refractivity contribution is 5.94. The van der Waals surface area contributed by atoms with Gasteiger partial charge in [0.25, 0.3) is 5.91 Å². The quantitative estimate of drug-likeness (QED) is 0.872. The minimum Gasteiger partial charge on any atom is -0.360 e. The SMILES string of the molecule is Cc1ccc(C2(NC(=O)c3cc(N4CCNC(=O)C4)ccn3)CCC2)cc1. The molecule has 2 aliphatic rings. The number of anilines is 1. The molecule has 0 radical (unpaired) electrons. The first-order valence-corrected chi connectivity index (χ1v) is 9.43. The predicted molar refractivity (Wildman–Crippen MR) is 104 cm³/mol. The van der Waals surface area contributed by atoms with E-state index in [0.717, 1.165) is 37.1 Å². The van der Waals surface area contributed by atoms with E-state index in [1.807, 2.05) is 11.0 Å². The number of aryl methyl sites for hydroxylation is 1. The van der Waals surface area contributed by atoms with E-state index in [-0.39, 0.29) is 17.4 Å². The lowest BCUT2D eigenvalue weighted by molar-refractivity contribution is -0.120. The lowest BCUT2D eigenvalue weighted by atomic mass is 9.71. The molecule has 2 amide bonds. The van der Waals surface area contributed by atoms with Crippen LogP contribution in [0.1, 0.15) is 40.9 Å². The van der Waals surface area contributed by atoms with E-state index in [1.165, 1.54) is 5.56 Å². The van der Waals surface area contributed by atoms with Gasteiger partial charge in [-0.1, -0.05) is 29.8 Å². The van der Waals surface area contributed by atoms with Crippen LogP contribution >= 0.6 is 0 Å². The van der Waals surface area contributed by atoms with Crippen molar-refractivity contribution in [2.75, 3.05) is 24.5 Å². The Labute approximate surface area is 159 Å². The fourth-order valence-corrected chi connectivity index (χ4v) is 3.77. The van der Waals surface area contributed by atoms with Crippen LogP contribution in [-0.4, -0.2) is 36.4 Å². The Morgan fingerprint density at radius 2 is 2.00 bits per heavy atom. The summed E-state index contributed by atoms with van der Waals surface area (Å²) >= 11 is 0. The highest BCUT2D eigenvalue weighted by Gasteiger charge is 2.40. The summed E-state index contributed by atoms with van der Waals surface area (Å²) in [6.07, 6.45) is 4.61. The average Bonchev–Trinajstić information content (AvgIpc) is 2.65. The number of pyridine rings is 1. The lowest BCUT2D eigenvalue weighted by Gasteiger charge is -2.43. The molecule has 0 atom stereocenters. The van der Waals surface area contributed by atoms with Crippen LogP contribution in [0.4, 0.5) is 5.69 Å². The summed E-state index contributed by atoms with van der Waals surface area (Å²) in [6, 6.07) is 12.0. The molecule has 0 unspecified atom stereocenters. The maximum atomic E-state index is 12.9. The molecule has 0 bridgehead atoms. The van der Waals surface area contributed by atoms with Crippen molar-refractivity contribution >= 4 is 17.5 Å². The number of rotatable bonds is 4. The first-order chi connectivity index (χ1) is 13.1. The van der Waals surface area contributed by atoms with Gasteiger partial charge in [0.15, 0.2) is 0 Å². The second-order valence-electron chi connectivity index (χ2n) is 7.43. The smallest absolute Gasteiger partial charge is 0.270 e. The third kappa shape index (κ3) is 3.52. The van der Waals surface area contributed by atoms with Gasteiger partial charge in [-0.2, -0.15) is 0 Å². The number of carbonyl (C=O) groups is 2. The van der Waals surface area contributed by atoms with Crippen LogP contribution in [0.3, 0.4) is 0 Å². The first-order valence-electron chi connectivity index (χ1n) is 9.43. The van der Waals surface area contributed by atoms with Crippen molar-refractivity contribution in [2.45, 2.75) is 31.7 Å². The first kappa shape index (κ1) is 17.5. The minimum atomic E-state index is -0.298. The third-order valence-corrected chi connectivity index (χ3v) is 5.54. The zero-order chi connectivity index (χ0) is 18.9. The molecule has 1 saturated carbocycles. The Hall–Kier alpha value is -2.89. The van der Waals surface area contributed by atoms with Crippen molar-refractivity contribution in [3.8, 4) is 0 Å². The number of carbonyl (C=O) groups excluding carboxylic acids is 2. The number of piperazine rings is 1. The van der Waals surface area contributed by atoms with Crippen LogP contribution in [-0.2, 0) is 10.3 Å². The molecule has 4 rings (SSSR count). The molecule has 6 heteroatoms. The number of benzene rings is 1. The van der Waals surface area contributed by atoms with Crippen LogP contribution in [0, 0.1) is 6.92 Å². The molecule has 1 aliphatic heterocycles. The van der Waals surface area contributed by atoms with Gasteiger partial charge in [0.05, 0.1) is 12.1 Å². The second kappa shape index (κ2) is 7.02. The third-order valence-electron chi connectivity index (χ3n) is 5.54. The fraction of sp³-hybridized carbons (Fsp3) is 0.381. The van der Waals surface area contributed by atoms with E-state index in [0.29, 0.717) is 18.8 Å². The molecule has 1 aliphatic carbocycles. The highest BCUT2D eigenvalue weighted by atomic mass is 16.2. The normalized spacial score (nSPS) is 18.4. The predicted octanol–water partition coefficient (Wildman–Crippen LogP) is 2.14. The van der Waals surface area contributed by atoms with E-state index in [1.54, 1.807) is 12.3 Å². The van der Waals surface area contributed by atoms with Gasteiger partial charge in [-0.05, 0) is 43.9 Å². The summed E-state index contributed by atoms with van der Waals surface area (Å²) in [5.74, 6) is -0.171. The van der Waals surface area contributed by atoms with Crippen LogP contribution in [0.5, 0.6) is 0 Å². The Morgan fingerprint density at radius 1 is 1.22 bits per heavy atom.